The van der Waals surface area contributed by atoms with Crippen molar-refractivity contribution in [2.75, 3.05) is 50.8 Å². The fraction of sp³-hybridized carbons (Fsp3) is 0.463. The number of hydrogen-bond acceptors (Lipinski definition) is 9. The Balaban J connectivity index is 1.17. The molecule has 5 fully saturated rings. The van der Waals surface area contributed by atoms with Gasteiger partial charge in [0.1, 0.15) is 40.9 Å². The molecule has 3 aromatic carbocycles. The van der Waals surface area contributed by atoms with Gasteiger partial charge < -0.3 is 24.3 Å². The molecule has 4 aliphatic heterocycles. The first-order valence-corrected chi connectivity index (χ1v) is 18.7. The van der Waals surface area contributed by atoms with Crippen molar-refractivity contribution >= 4 is 38.5 Å². The van der Waals surface area contributed by atoms with Gasteiger partial charge in [0.05, 0.1) is 34.1 Å². The van der Waals surface area contributed by atoms with Crippen molar-refractivity contribution in [2.24, 2.45) is 5.41 Å². The number of phenolic OH excluding ortho intramolecular Hbond substituents is 1. The summed E-state index contributed by atoms with van der Waals surface area (Å²) in [6, 6.07) is 7.48. The second-order valence-electron chi connectivity index (χ2n) is 16.1. The number of anilines is 1. The Morgan fingerprint density at radius 1 is 1.07 bits per heavy atom. The molecular formula is C41H39F4N5O4. The Hall–Kier alpha value is -4.64. The Morgan fingerprint density at radius 3 is 2.57 bits per heavy atom. The van der Waals surface area contributed by atoms with Crippen LogP contribution < -0.4 is 9.64 Å². The number of hydrogen-bond donors (Lipinski definition) is 2. The summed E-state index contributed by atoms with van der Waals surface area (Å²) in [5, 5.41) is 22.2. The molecule has 5 aliphatic rings. The summed E-state index contributed by atoms with van der Waals surface area (Å²) in [6.07, 6.45) is 9.45. The highest BCUT2D eigenvalue weighted by Gasteiger charge is 2.77. The average Bonchev–Trinajstić information content (AvgIpc) is 3.58. The van der Waals surface area contributed by atoms with E-state index in [4.69, 9.17) is 25.5 Å². The molecule has 6 heterocycles. The molecule has 10 rings (SSSR count). The number of terminal acetylenes is 1. The van der Waals surface area contributed by atoms with Gasteiger partial charge in [0.25, 0.3) is 5.92 Å². The number of phenols is 1. The summed E-state index contributed by atoms with van der Waals surface area (Å²) in [5.74, 6) is -0.981. The van der Waals surface area contributed by atoms with Crippen LogP contribution in [-0.2, 0) is 0 Å². The van der Waals surface area contributed by atoms with E-state index < -0.39 is 28.5 Å². The van der Waals surface area contributed by atoms with Crippen LogP contribution in [0.15, 0.2) is 34.7 Å². The lowest BCUT2D eigenvalue weighted by Gasteiger charge is -2.41. The zero-order valence-electron chi connectivity index (χ0n) is 29.8. The summed E-state index contributed by atoms with van der Waals surface area (Å²) >= 11 is 0. The molecule has 1 aliphatic carbocycles. The molecule has 9 nitrogen and oxygen atoms in total. The molecule has 2 N–H and O–H groups in total. The number of aliphatic hydroxyl groups is 1. The van der Waals surface area contributed by atoms with E-state index in [0.29, 0.717) is 73.3 Å². The standard InChI is InChI=1S/C41H39F4N5O4/c1-3-27-30(42)8-5-23-14-26(52)15-28(31(23)27)32-34(43)35-33(29-13-22(2)54-36(29)32)37(48-16-24-6-7-25(17-48)50(24)11-12-51)47-38(46-35)53-21-40-9-4-10-49(40)20-39(18-40)19-41(39,44)45/h1,5,8,13-15,24-25,51-52H,4,6-7,9-12,16-21H2,2H3/t24-,25+,39-,40-/m1/s1. The second-order valence-corrected chi connectivity index (χ2v) is 16.1. The predicted molar refractivity (Wildman–Crippen MR) is 195 cm³/mol. The van der Waals surface area contributed by atoms with Gasteiger partial charge in [-0.1, -0.05) is 12.0 Å². The van der Waals surface area contributed by atoms with Crippen LogP contribution >= 0.6 is 0 Å². The van der Waals surface area contributed by atoms with Crippen LogP contribution in [0.2, 0.25) is 0 Å². The molecule has 4 saturated heterocycles. The molecule has 4 atom stereocenters. The topological polar surface area (TPSA) is 98.3 Å². The van der Waals surface area contributed by atoms with Crippen molar-refractivity contribution in [3.63, 3.8) is 0 Å². The Morgan fingerprint density at radius 2 is 1.85 bits per heavy atom. The van der Waals surface area contributed by atoms with Crippen LogP contribution in [0, 0.1) is 36.3 Å². The number of aryl methyl sites for hydroxylation is 1. The second kappa shape index (κ2) is 11.7. The number of aromatic hydroxyl groups is 1. The monoisotopic (exact) mass is 741 g/mol. The van der Waals surface area contributed by atoms with Crippen LogP contribution in [0.25, 0.3) is 43.8 Å². The number of aromatic nitrogens is 2. The van der Waals surface area contributed by atoms with E-state index in [9.17, 15) is 19.0 Å². The molecule has 0 radical (unpaired) electrons. The SMILES string of the molecule is C#Cc1c(F)ccc2cc(O)cc(-c3c(F)c4nc(OC[C@]56CCCN5C[C@]5(CC5(F)F)C6)nc(N5C[C@H]6CC[C@@H](C5)N6CCO)c4c4cc(C)oc34)c12. The average molecular weight is 742 g/mol. The minimum atomic E-state index is -2.69. The quantitative estimate of drug-likeness (QED) is 0.139. The van der Waals surface area contributed by atoms with E-state index >= 15 is 8.78 Å². The largest absolute Gasteiger partial charge is 0.508 e. The Kier molecular flexibility index (Phi) is 7.33. The summed E-state index contributed by atoms with van der Waals surface area (Å²) < 4.78 is 74.9. The zero-order valence-corrected chi connectivity index (χ0v) is 29.8. The smallest absolute Gasteiger partial charge is 0.319 e. The third kappa shape index (κ3) is 4.82. The summed E-state index contributed by atoms with van der Waals surface area (Å²) in [6.45, 7) is 4.60. The minimum absolute atomic E-state index is 0.0470. The lowest BCUT2D eigenvalue weighted by Crippen LogP contribution is -2.54. The van der Waals surface area contributed by atoms with Crippen LogP contribution in [0.1, 0.15) is 49.8 Å². The number of benzene rings is 3. The zero-order chi connectivity index (χ0) is 37.3. The van der Waals surface area contributed by atoms with Crippen molar-refractivity contribution in [1.29, 1.82) is 0 Å². The number of ether oxygens (including phenoxy) is 1. The number of nitrogens with zero attached hydrogens (tertiary/aromatic N) is 5. The van der Waals surface area contributed by atoms with Gasteiger partial charge in [-0.2, -0.15) is 9.97 Å². The fourth-order valence-corrected chi connectivity index (χ4v) is 10.5. The minimum Gasteiger partial charge on any atom is -0.508 e. The molecule has 2 bridgehead atoms. The van der Waals surface area contributed by atoms with Crippen molar-refractivity contribution < 1.29 is 36.9 Å². The van der Waals surface area contributed by atoms with Crippen LogP contribution in [-0.4, -0.2) is 99.5 Å². The molecule has 0 amide bonds. The third-order valence-corrected chi connectivity index (χ3v) is 13.0. The van der Waals surface area contributed by atoms with Gasteiger partial charge in [-0.05, 0) is 75.2 Å². The van der Waals surface area contributed by atoms with E-state index in [-0.39, 0.29) is 76.7 Å². The first kappa shape index (κ1) is 33.9. The maximum atomic E-state index is 17.7. The van der Waals surface area contributed by atoms with E-state index in [2.05, 4.69) is 20.6 Å². The van der Waals surface area contributed by atoms with Crippen LogP contribution in [0.5, 0.6) is 11.8 Å². The normalized spacial score (nSPS) is 27.5. The number of halogens is 4. The van der Waals surface area contributed by atoms with Crippen molar-refractivity contribution in [3.05, 3.63) is 53.3 Å². The van der Waals surface area contributed by atoms with Crippen LogP contribution in [0.3, 0.4) is 0 Å². The van der Waals surface area contributed by atoms with Gasteiger partial charge in [-0.15, -0.1) is 6.42 Å². The molecule has 1 saturated carbocycles. The number of rotatable bonds is 7. The highest BCUT2D eigenvalue weighted by atomic mass is 19.3. The number of aliphatic hydroxyl groups excluding tert-OH is 1. The molecule has 1 spiro atoms. The number of fused-ring (bicyclic) bond motifs is 7. The van der Waals surface area contributed by atoms with Gasteiger partial charge in [0, 0.05) is 61.0 Å². The molecule has 54 heavy (non-hydrogen) atoms. The first-order valence-electron chi connectivity index (χ1n) is 18.7. The Labute approximate surface area is 308 Å². The van der Waals surface area contributed by atoms with Gasteiger partial charge in [-0.3, -0.25) is 9.80 Å². The predicted octanol–water partition coefficient (Wildman–Crippen LogP) is 6.76. The molecule has 280 valence electrons. The molecule has 5 aromatic rings. The maximum absolute atomic E-state index is 17.7. The highest BCUT2D eigenvalue weighted by molar-refractivity contribution is 6.18. The number of furan rings is 1. The molecule has 13 heteroatoms. The lowest BCUT2D eigenvalue weighted by atomic mass is 9.89. The number of piperazine rings is 1. The van der Waals surface area contributed by atoms with E-state index in [1.165, 1.54) is 24.3 Å². The van der Waals surface area contributed by atoms with Crippen LogP contribution in [0.4, 0.5) is 23.4 Å². The van der Waals surface area contributed by atoms with Crippen molar-refractivity contribution in [2.45, 2.75) is 69.0 Å². The Bertz CT molecular complexity index is 2430. The summed E-state index contributed by atoms with van der Waals surface area (Å²) in [5.41, 5.74) is -1.53. The van der Waals surface area contributed by atoms with Crippen molar-refractivity contribution in [1.82, 2.24) is 19.8 Å². The van der Waals surface area contributed by atoms with Gasteiger partial charge in [0.2, 0.25) is 0 Å². The third-order valence-electron chi connectivity index (χ3n) is 13.0. The first-order chi connectivity index (χ1) is 25.9. The van der Waals surface area contributed by atoms with E-state index in [1.807, 2.05) is 0 Å². The maximum Gasteiger partial charge on any atom is 0.319 e. The van der Waals surface area contributed by atoms with E-state index in [0.717, 1.165) is 19.3 Å². The van der Waals surface area contributed by atoms with Crippen molar-refractivity contribution in [3.8, 4) is 35.2 Å². The highest BCUT2D eigenvalue weighted by Crippen LogP contribution is 2.69. The van der Waals surface area contributed by atoms with Gasteiger partial charge in [0.15, 0.2) is 5.82 Å². The molecule has 0 unspecified atom stereocenters. The van der Waals surface area contributed by atoms with Gasteiger partial charge >= 0.3 is 6.01 Å². The lowest BCUT2D eigenvalue weighted by molar-refractivity contribution is 0.0647. The number of alkyl halides is 2. The van der Waals surface area contributed by atoms with Gasteiger partial charge in [-0.25, -0.2) is 17.6 Å². The summed E-state index contributed by atoms with van der Waals surface area (Å²) in [4.78, 5) is 16.3. The fourth-order valence-electron chi connectivity index (χ4n) is 10.5. The molecular weight excluding hydrogens is 702 g/mol. The molecule has 2 aromatic heterocycles. The summed E-state index contributed by atoms with van der Waals surface area (Å²) in [7, 11) is 0. The van der Waals surface area contributed by atoms with E-state index in [1.54, 1.807) is 13.0 Å².